The van der Waals surface area contributed by atoms with Gasteiger partial charge in [-0.2, -0.15) is 0 Å². The molecule has 0 fully saturated rings. The van der Waals surface area contributed by atoms with Gasteiger partial charge in [0.25, 0.3) is 0 Å². The minimum atomic E-state index is -0.648. The van der Waals surface area contributed by atoms with Crippen LogP contribution in [0.2, 0.25) is 0 Å². The van der Waals surface area contributed by atoms with Gasteiger partial charge >= 0.3 is 0 Å². The van der Waals surface area contributed by atoms with Gasteiger partial charge < -0.3 is 0 Å². The Hall–Kier alpha value is -0.630. The van der Waals surface area contributed by atoms with Crippen molar-refractivity contribution in [1.29, 1.82) is 0 Å². The summed E-state index contributed by atoms with van der Waals surface area (Å²) < 4.78 is 0. The topological polar surface area (TPSA) is 34.1 Å². The molecule has 1 aliphatic carbocycles. The third-order valence-corrected chi connectivity index (χ3v) is 3.01. The Kier molecular flexibility index (Phi) is 3.15. The predicted octanol–water partition coefficient (Wildman–Crippen LogP) is 2.70. The highest BCUT2D eigenvalue weighted by molar-refractivity contribution is 6.65. The lowest BCUT2D eigenvalue weighted by Crippen LogP contribution is -2.32. The van der Waals surface area contributed by atoms with Crippen molar-refractivity contribution in [2.24, 2.45) is 11.3 Å². The lowest BCUT2D eigenvalue weighted by atomic mass is 9.80. The van der Waals surface area contributed by atoms with E-state index in [1.54, 1.807) is 0 Å². The van der Waals surface area contributed by atoms with Crippen molar-refractivity contribution >= 4 is 22.6 Å². The smallest absolute Gasteiger partial charge is 0.232 e. The Morgan fingerprint density at radius 2 is 2.14 bits per heavy atom. The lowest BCUT2D eigenvalue weighted by Gasteiger charge is -2.22. The Morgan fingerprint density at radius 1 is 1.57 bits per heavy atom. The summed E-state index contributed by atoms with van der Waals surface area (Å²) in [6, 6.07) is 0. The van der Waals surface area contributed by atoms with E-state index in [1.807, 2.05) is 26.8 Å². The molecule has 0 saturated carbocycles. The first-order valence-corrected chi connectivity index (χ1v) is 5.11. The van der Waals surface area contributed by atoms with E-state index < -0.39 is 16.6 Å². The molecule has 3 heteroatoms. The van der Waals surface area contributed by atoms with Gasteiger partial charge in [0.2, 0.25) is 5.24 Å². The Morgan fingerprint density at radius 3 is 2.64 bits per heavy atom. The maximum atomic E-state index is 11.9. The molecule has 2 nitrogen and oxygen atoms in total. The van der Waals surface area contributed by atoms with Gasteiger partial charge in [-0.05, 0) is 31.4 Å². The molecule has 0 aromatic carbocycles. The van der Waals surface area contributed by atoms with Crippen LogP contribution in [0.3, 0.4) is 0 Å². The summed E-state index contributed by atoms with van der Waals surface area (Å²) in [7, 11) is 0. The number of hydrogen-bond acceptors (Lipinski definition) is 2. The number of hydrogen-bond donors (Lipinski definition) is 0. The van der Waals surface area contributed by atoms with E-state index in [2.05, 4.69) is 0 Å². The van der Waals surface area contributed by atoms with Crippen LogP contribution in [0.5, 0.6) is 0 Å². The van der Waals surface area contributed by atoms with Gasteiger partial charge in [0.05, 0.1) is 5.92 Å². The second kappa shape index (κ2) is 3.85. The average Bonchev–Trinajstić information content (AvgIpc) is 2.17. The molecule has 0 saturated heterocycles. The third kappa shape index (κ3) is 2.24. The highest BCUT2D eigenvalue weighted by Crippen LogP contribution is 2.34. The molecular formula is C11H15ClO2. The molecule has 0 radical (unpaired) electrons. The summed E-state index contributed by atoms with van der Waals surface area (Å²) in [4.78, 5) is 23.0. The summed E-state index contributed by atoms with van der Waals surface area (Å²) in [6.45, 7) is 5.65. The van der Waals surface area contributed by atoms with Gasteiger partial charge in [-0.25, -0.2) is 0 Å². The SMILES string of the molecule is CC1=CCC(C)(C)C(=O)[C@@H](C(=O)Cl)C1. The normalized spacial score (nSPS) is 26.7. The third-order valence-electron chi connectivity index (χ3n) is 2.74. The van der Waals surface area contributed by atoms with Crippen molar-refractivity contribution in [1.82, 2.24) is 0 Å². The molecule has 78 valence electrons. The maximum absolute atomic E-state index is 11.9. The van der Waals surface area contributed by atoms with Gasteiger partial charge in [0.15, 0.2) is 5.78 Å². The number of allylic oxidation sites excluding steroid dienone is 2. The number of carbonyl (C=O) groups excluding carboxylic acids is 2. The zero-order valence-corrected chi connectivity index (χ0v) is 9.52. The monoisotopic (exact) mass is 214 g/mol. The van der Waals surface area contributed by atoms with Crippen molar-refractivity contribution < 1.29 is 9.59 Å². The van der Waals surface area contributed by atoms with Crippen molar-refractivity contribution in [3.8, 4) is 0 Å². The van der Waals surface area contributed by atoms with E-state index in [9.17, 15) is 9.59 Å². The summed E-state index contributed by atoms with van der Waals surface area (Å²) >= 11 is 5.43. The van der Waals surface area contributed by atoms with Crippen molar-refractivity contribution in [3.63, 3.8) is 0 Å². The van der Waals surface area contributed by atoms with Crippen LogP contribution in [-0.2, 0) is 9.59 Å². The van der Waals surface area contributed by atoms with Crippen LogP contribution < -0.4 is 0 Å². The molecule has 0 aromatic heterocycles. The van der Waals surface area contributed by atoms with Gasteiger partial charge in [0.1, 0.15) is 0 Å². The zero-order chi connectivity index (χ0) is 10.9. The Bertz CT molecular complexity index is 302. The molecule has 0 N–H and O–H groups in total. The van der Waals surface area contributed by atoms with E-state index in [0.29, 0.717) is 12.8 Å². The standard InChI is InChI=1S/C11H15ClO2/c1-7-4-5-11(2,3)9(13)8(6-7)10(12)14/h4,8H,5-6H2,1-3H3/t8-/m0/s1. The number of ketones is 1. The summed E-state index contributed by atoms with van der Waals surface area (Å²) in [5, 5.41) is -0.530. The Balaban J connectivity index is 3.02. The second-order valence-corrected chi connectivity index (χ2v) is 4.94. The summed E-state index contributed by atoms with van der Waals surface area (Å²) in [5.74, 6) is -0.684. The van der Waals surface area contributed by atoms with Crippen LogP contribution in [-0.4, -0.2) is 11.0 Å². The highest BCUT2D eigenvalue weighted by Gasteiger charge is 2.37. The first-order valence-electron chi connectivity index (χ1n) is 4.74. The van der Waals surface area contributed by atoms with Crippen LogP contribution in [0.15, 0.2) is 11.6 Å². The Labute approximate surface area is 89.3 Å². The fourth-order valence-corrected chi connectivity index (χ4v) is 1.86. The van der Waals surface area contributed by atoms with Gasteiger partial charge in [0, 0.05) is 5.41 Å². The molecule has 0 bridgehead atoms. The van der Waals surface area contributed by atoms with Crippen LogP contribution in [0.1, 0.15) is 33.6 Å². The zero-order valence-electron chi connectivity index (χ0n) is 8.76. The number of halogens is 1. The summed E-state index contributed by atoms with van der Waals surface area (Å²) in [6.07, 6.45) is 3.20. The van der Waals surface area contributed by atoms with E-state index in [-0.39, 0.29) is 5.78 Å². The number of rotatable bonds is 1. The fourth-order valence-electron chi connectivity index (χ4n) is 1.68. The molecule has 0 aliphatic heterocycles. The maximum Gasteiger partial charge on any atom is 0.232 e. The van der Waals surface area contributed by atoms with Crippen LogP contribution in [0.25, 0.3) is 0 Å². The van der Waals surface area contributed by atoms with E-state index in [1.165, 1.54) is 0 Å². The van der Waals surface area contributed by atoms with E-state index in [4.69, 9.17) is 11.6 Å². The van der Waals surface area contributed by atoms with Gasteiger partial charge in [-0.15, -0.1) is 0 Å². The van der Waals surface area contributed by atoms with Crippen LogP contribution in [0, 0.1) is 11.3 Å². The largest absolute Gasteiger partial charge is 0.298 e. The number of carbonyl (C=O) groups is 2. The van der Waals surface area contributed by atoms with Crippen LogP contribution >= 0.6 is 11.6 Å². The molecule has 0 aromatic rings. The molecule has 1 aliphatic rings. The second-order valence-electron chi connectivity index (χ2n) is 4.56. The molecule has 0 heterocycles. The summed E-state index contributed by atoms with van der Waals surface area (Å²) in [5.41, 5.74) is 0.607. The van der Waals surface area contributed by atoms with Crippen molar-refractivity contribution in [3.05, 3.63) is 11.6 Å². The van der Waals surface area contributed by atoms with E-state index >= 15 is 0 Å². The van der Waals surface area contributed by atoms with Gasteiger partial charge in [-0.1, -0.05) is 25.5 Å². The molecule has 14 heavy (non-hydrogen) atoms. The molecule has 1 rings (SSSR count). The molecular weight excluding hydrogens is 200 g/mol. The predicted molar refractivity (Wildman–Crippen MR) is 56.1 cm³/mol. The average molecular weight is 215 g/mol. The first-order chi connectivity index (χ1) is 6.34. The minimum absolute atomic E-state index is 0.0365. The molecule has 0 spiro atoms. The fraction of sp³-hybridized carbons (Fsp3) is 0.636. The van der Waals surface area contributed by atoms with Gasteiger partial charge in [-0.3, -0.25) is 9.59 Å². The molecule has 1 atom stereocenters. The first kappa shape index (κ1) is 11.4. The quantitative estimate of drug-likeness (QED) is 0.382. The molecule has 0 unspecified atom stereocenters. The van der Waals surface area contributed by atoms with Crippen LogP contribution in [0.4, 0.5) is 0 Å². The lowest BCUT2D eigenvalue weighted by molar-refractivity contribution is -0.135. The minimum Gasteiger partial charge on any atom is -0.298 e. The van der Waals surface area contributed by atoms with Crippen molar-refractivity contribution in [2.75, 3.05) is 0 Å². The highest BCUT2D eigenvalue weighted by atomic mass is 35.5. The number of Topliss-reactive ketones (excluding diaryl/α,β-unsaturated/α-hetero) is 1. The van der Waals surface area contributed by atoms with E-state index in [0.717, 1.165) is 5.57 Å². The molecule has 0 amide bonds. The van der Waals surface area contributed by atoms with Crippen molar-refractivity contribution in [2.45, 2.75) is 33.6 Å².